The van der Waals surface area contributed by atoms with Crippen molar-refractivity contribution < 1.29 is 139 Å². The largest absolute Gasteiger partial charge is 0.490 e. The van der Waals surface area contributed by atoms with Gasteiger partial charge in [-0.3, -0.25) is 14.5 Å². The number of rotatable bonds is 22. The minimum atomic E-state index is -5.08. The second kappa shape index (κ2) is 44.5. The van der Waals surface area contributed by atoms with Crippen molar-refractivity contribution in [1.82, 2.24) is 46.8 Å². The molecule has 1 aromatic carbocycles. The summed E-state index contributed by atoms with van der Waals surface area (Å²) < 4.78 is 171. The van der Waals surface area contributed by atoms with E-state index in [0.29, 0.717) is 18.8 Å². The van der Waals surface area contributed by atoms with Crippen LogP contribution in [0, 0.1) is 38.5 Å². The Hall–Kier alpha value is -7.42. The number of carboxylic acid groups (broad SMARTS) is 5. The van der Waals surface area contributed by atoms with Gasteiger partial charge in [-0.15, -0.1) is 0 Å². The van der Waals surface area contributed by atoms with Gasteiger partial charge >= 0.3 is 66.8 Å². The summed E-state index contributed by atoms with van der Waals surface area (Å²) >= 11 is 0. The quantitative estimate of drug-likeness (QED) is 0.0386. The van der Waals surface area contributed by atoms with Gasteiger partial charge in [0.25, 0.3) is 0 Å². The maximum Gasteiger partial charge on any atom is 0.490 e. The van der Waals surface area contributed by atoms with Gasteiger partial charge in [-0.05, 0) is 87.8 Å². The van der Waals surface area contributed by atoms with Crippen LogP contribution in [-0.2, 0) is 46.4 Å². The van der Waals surface area contributed by atoms with E-state index < -0.39 is 72.9 Å². The van der Waals surface area contributed by atoms with Gasteiger partial charge in [-0.2, -0.15) is 65.9 Å². The number of carbonyl (C=O) groups excluding carboxylic acids is 3. The van der Waals surface area contributed by atoms with Crippen LogP contribution < -0.4 is 41.4 Å². The lowest BCUT2D eigenvalue weighted by Gasteiger charge is -2.38. The molecule has 1 saturated heterocycles. The molecule has 1 fully saturated rings. The van der Waals surface area contributed by atoms with Gasteiger partial charge in [0.15, 0.2) is 0 Å². The minimum Gasteiger partial charge on any atom is -0.487 e. The van der Waals surface area contributed by atoms with Crippen molar-refractivity contribution in [3.63, 3.8) is 0 Å². The van der Waals surface area contributed by atoms with Crippen LogP contribution in [0.3, 0.4) is 0 Å². The van der Waals surface area contributed by atoms with Crippen LogP contribution in [0.2, 0.25) is 0 Å². The Kier molecular flexibility index (Phi) is 42.0. The fraction of sp³-hybridized carbons (Fsp3) is 0.707. The molecule has 0 aliphatic carbocycles. The third kappa shape index (κ3) is 42.8. The first-order chi connectivity index (χ1) is 44.5. The molecule has 12 N–H and O–H groups in total. The number of hydrogen-bond acceptors (Lipinski definition) is 15. The fourth-order valence-corrected chi connectivity index (χ4v) is 8.76. The number of nitrogens with zero attached hydrogens (tertiary/aromatic N) is 2. The second-order valence-electron chi connectivity index (χ2n) is 23.0. The van der Waals surface area contributed by atoms with Crippen molar-refractivity contribution >= 4 is 47.8 Å². The summed E-state index contributed by atoms with van der Waals surface area (Å²) in [5, 5.41) is 54.4. The highest BCUT2D eigenvalue weighted by atomic mass is 19.4. The van der Waals surface area contributed by atoms with Crippen LogP contribution in [0.5, 0.6) is 11.5 Å². The van der Waals surface area contributed by atoms with Crippen LogP contribution >= 0.6 is 0 Å². The lowest BCUT2D eigenvalue weighted by molar-refractivity contribution is -0.193. The number of fused-ring (bicyclic) bond motifs is 1. The van der Waals surface area contributed by atoms with Crippen molar-refractivity contribution in [3.8, 4) is 11.5 Å². The van der Waals surface area contributed by atoms with E-state index in [-0.39, 0.29) is 43.5 Å². The molecule has 4 atom stereocenters. The first-order valence-corrected chi connectivity index (χ1v) is 30.1. The molecule has 0 spiro atoms. The monoisotopic (exact) mass is 1440 g/mol. The molecule has 2 aliphatic rings. The zero-order valence-corrected chi connectivity index (χ0v) is 54.6. The minimum absolute atomic E-state index is 0.151. The van der Waals surface area contributed by atoms with E-state index in [2.05, 4.69) is 88.3 Å². The standard InChI is InChI=1S/C48H83N9O5.5C2HF3O2/c1-34(2)12-9-13-35(3)14-10-15-36(4)16-11-18-48(8)19-17-41-39(7)44(37(5)38(6)45(41)62-48)61-47(60)54-25-24-53-46(59)42(30-40-31-52-33-55-40)56-43(58)32-57-28-26-50-22-20-49-21-23-51-27-29-57;5*3-2(4,5)1(6)7/h31,33-36,42,49-51H,9-30,32H2,1-8H3,(H,52,55)(H,53,59)(H,54,60)(H,56,58);5*(H,6,7)/t35-,36-,42+,48-;;;;;/m1...../s1. The number of aromatic amines is 1. The van der Waals surface area contributed by atoms with Crippen molar-refractivity contribution in [3.05, 3.63) is 40.5 Å². The molecule has 0 saturated carbocycles. The van der Waals surface area contributed by atoms with E-state index in [1.165, 1.54) is 44.9 Å². The molecule has 0 radical (unpaired) electrons. The highest BCUT2D eigenvalue weighted by molar-refractivity contribution is 5.88. The number of imidazole rings is 1. The maximum atomic E-state index is 13.4. The molecule has 3 amide bonds. The van der Waals surface area contributed by atoms with E-state index in [1.807, 2.05) is 13.8 Å². The Morgan fingerprint density at radius 1 is 0.598 bits per heavy atom. The van der Waals surface area contributed by atoms with Crippen LogP contribution in [0.25, 0.3) is 0 Å². The number of carboxylic acids is 5. The van der Waals surface area contributed by atoms with E-state index in [1.54, 1.807) is 12.5 Å². The molecule has 0 unspecified atom stereocenters. The number of halogens is 15. The molecule has 560 valence electrons. The normalized spacial score (nSPS) is 16.4. The van der Waals surface area contributed by atoms with E-state index >= 15 is 0 Å². The van der Waals surface area contributed by atoms with Crippen molar-refractivity contribution in [1.29, 1.82) is 0 Å². The van der Waals surface area contributed by atoms with Crippen molar-refractivity contribution in [2.75, 3.05) is 72.0 Å². The molecular formula is C58H88F15N9O15. The lowest BCUT2D eigenvalue weighted by Crippen LogP contribution is -2.52. The van der Waals surface area contributed by atoms with Gasteiger partial charge in [0.1, 0.15) is 23.1 Å². The molecule has 97 heavy (non-hydrogen) atoms. The molecule has 24 nitrogen and oxygen atoms in total. The van der Waals surface area contributed by atoms with Gasteiger partial charge in [-0.1, -0.05) is 72.6 Å². The molecule has 3 heterocycles. The van der Waals surface area contributed by atoms with E-state index in [9.17, 15) is 80.2 Å². The summed E-state index contributed by atoms with van der Waals surface area (Å²) in [7, 11) is 0. The van der Waals surface area contributed by atoms with Crippen LogP contribution in [-0.4, -0.2) is 203 Å². The number of amides is 3. The van der Waals surface area contributed by atoms with Gasteiger partial charge < -0.3 is 71.9 Å². The number of aliphatic carboxylic acids is 5. The van der Waals surface area contributed by atoms with Gasteiger partial charge in [-0.25, -0.2) is 33.8 Å². The average Bonchev–Trinajstić information content (AvgIpc) is 0.898. The second-order valence-corrected chi connectivity index (χ2v) is 23.0. The number of aromatic nitrogens is 2. The summed E-state index contributed by atoms with van der Waals surface area (Å²) in [5.41, 5.74) is 4.43. The number of carbonyl (C=O) groups is 8. The molecule has 1 aromatic heterocycles. The molecule has 4 rings (SSSR count). The molecule has 2 aromatic rings. The Morgan fingerprint density at radius 2 is 1.00 bits per heavy atom. The molecule has 39 heteroatoms. The SMILES string of the molecule is Cc1c(C)c2c(c(C)c1OC(=O)NCCNC(=O)[C@H](Cc1cnc[nH]1)NC(=O)CN1CCNCCNCCNCC1)CC[C@@](C)(CCC[C@H](C)CCC[C@H](C)CCCC(C)C)O2.O=C(O)C(F)(F)F.O=C(O)C(F)(F)F.O=C(O)C(F)(F)F.O=C(O)C(F)(F)F.O=C(O)C(F)(F)F. The number of nitrogens with one attached hydrogen (secondary N) is 7. The molecule has 2 aliphatic heterocycles. The van der Waals surface area contributed by atoms with Crippen molar-refractivity contribution in [2.45, 2.75) is 175 Å². The van der Waals surface area contributed by atoms with Gasteiger partial charge in [0.2, 0.25) is 11.8 Å². The van der Waals surface area contributed by atoms with Gasteiger partial charge in [0, 0.05) is 89.3 Å². The third-order valence-corrected chi connectivity index (χ3v) is 14.1. The summed E-state index contributed by atoms with van der Waals surface area (Å²) in [5.74, 6) is -10.5. The molecule has 0 bridgehead atoms. The van der Waals surface area contributed by atoms with Crippen LogP contribution in [0.15, 0.2) is 12.5 Å². The number of benzene rings is 1. The predicted octanol–water partition coefficient (Wildman–Crippen LogP) is 9.04. The smallest absolute Gasteiger partial charge is 0.487 e. The maximum absolute atomic E-state index is 13.4. The highest BCUT2D eigenvalue weighted by Crippen LogP contribution is 2.45. The number of hydrogen-bond donors (Lipinski definition) is 12. The van der Waals surface area contributed by atoms with E-state index in [4.69, 9.17) is 59.0 Å². The van der Waals surface area contributed by atoms with Crippen molar-refractivity contribution in [2.24, 2.45) is 17.8 Å². The zero-order valence-electron chi connectivity index (χ0n) is 54.6. The van der Waals surface area contributed by atoms with Crippen LogP contribution in [0.4, 0.5) is 70.7 Å². The summed E-state index contributed by atoms with van der Waals surface area (Å²) in [4.78, 5) is 93.5. The predicted molar refractivity (Wildman–Crippen MR) is 317 cm³/mol. The topological polar surface area (TPSA) is 360 Å². The van der Waals surface area contributed by atoms with E-state index in [0.717, 1.165) is 116 Å². The van der Waals surface area contributed by atoms with Crippen LogP contribution in [0.1, 0.15) is 127 Å². The Labute approximate surface area is 549 Å². The Morgan fingerprint density at radius 3 is 1.40 bits per heavy atom. The summed E-state index contributed by atoms with van der Waals surface area (Å²) in [6.07, 6.45) is -9.33. The number of H-pyrrole nitrogens is 1. The fourth-order valence-electron chi connectivity index (χ4n) is 8.76. The molecular weight excluding hydrogens is 1350 g/mol. The summed E-state index contributed by atoms with van der Waals surface area (Å²) in [6.45, 7) is 24.7. The number of ether oxygens (including phenoxy) is 2. The first kappa shape index (κ1) is 91.6. The van der Waals surface area contributed by atoms with Gasteiger partial charge in [0.05, 0.1) is 12.9 Å². The third-order valence-electron chi connectivity index (χ3n) is 14.1. The average molecular weight is 1440 g/mol. The first-order valence-electron chi connectivity index (χ1n) is 30.1. The Balaban J connectivity index is 0. The highest BCUT2D eigenvalue weighted by Gasteiger charge is 2.41. The Bertz CT molecular complexity index is 2570. The zero-order chi connectivity index (χ0) is 75.3. The summed E-state index contributed by atoms with van der Waals surface area (Å²) in [6, 6.07) is -0.825. The number of alkyl halides is 15. The lowest BCUT2D eigenvalue weighted by atomic mass is 9.83.